The number of hydrogen-bond acceptors (Lipinski definition) is 8. The maximum Gasteiger partial charge on any atom is 0.303 e. The van der Waals surface area contributed by atoms with Crippen molar-refractivity contribution in [1.29, 1.82) is 0 Å². The molecule has 0 aromatic rings. The van der Waals surface area contributed by atoms with E-state index in [1.54, 1.807) is 0 Å². The second kappa shape index (κ2) is 29.0. The Balaban J connectivity index is -0.000000204. The number of hydrogen-bond donors (Lipinski definition) is 8. The van der Waals surface area contributed by atoms with Crippen molar-refractivity contribution in [2.75, 3.05) is 0 Å². The van der Waals surface area contributed by atoms with Gasteiger partial charge in [-0.25, -0.2) is 0 Å². The Hall–Kier alpha value is -4.24. The molecule has 0 aliphatic carbocycles. The van der Waals surface area contributed by atoms with E-state index in [1.807, 2.05) is 0 Å². The molecule has 0 rings (SSSR count). The van der Waals surface area contributed by atoms with E-state index in [2.05, 4.69) is 0 Å². The molecule has 0 spiro atoms. The van der Waals surface area contributed by atoms with Gasteiger partial charge in [0.25, 0.3) is 0 Å². The first-order valence-electron chi connectivity index (χ1n) is 11.3. The third-order valence-electron chi connectivity index (χ3n) is 3.65. The van der Waals surface area contributed by atoms with Crippen LogP contribution in [-0.2, 0) is 38.4 Å². The largest absolute Gasteiger partial charge is 0.481 e. The average molecular weight is 557 g/mol. The minimum absolute atomic E-state index is 0.0628. The third kappa shape index (κ3) is 63.5. The van der Waals surface area contributed by atoms with Crippen LogP contribution in [0.5, 0.6) is 0 Å². The van der Waals surface area contributed by atoms with Gasteiger partial charge in [-0.2, -0.15) is 0 Å². The number of rotatable bonds is 18. The van der Waals surface area contributed by atoms with Gasteiger partial charge in [0.15, 0.2) is 0 Å². The number of carboxylic acids is 8. The summed E-state index contributed by atoms with van der Waals surface area (Å²) in [4.78, 5) is 78.6. The van der Waals surface area contributed by atoms with E-state index >= 15 is 0 Å². The van der Waals surface area contributed by atoms with E-state index in [-0.39, 0.29) is 57.8 Å². The Labute approximate surface area is 217 Å². The highest BCUT2D eigenvalue weighted by Crippen LogP contribution is 2.02. The zero-order valence-corrected chi connectivity index (χ0v) is 20.7. The fourth-order valence-electron chi connectivity index (χ4n) is 1.89. The quantitative estimate of drug-likeness (QED) is 0.112. The van der Waals surface area contributed by atoms with Gasteiger partial charge in [-0.15, -0.1) is 0 Å². The lowest BCUT2D eigenvalue weighted by molar-refractivity contribution is -0.143. The second-order valence-electron chi connectivity index (χ2n) is 7.27. The highest BCUT2D eigenvalue weighted by atomic mass is 16.4. The molecule has 0 aliphatic heterocycles. The van der Waals surface area contributed by atoms with Gasteiger partial charge in [0.1, 0.15) is 0 Å². The molecule has 0 aromatic carbocycles. The summed E-state index contributed by atoms with van der Waals surface area (Å²) in [7, 11) is 0. The van der Waals surface area contributed by atoms with Crippen molar-refractivity contribution in [2.24, 2.45) is 0 Å². The Kier molecular flexibility index (Phi) is 31.2. The molecule has 220 valence electrons. The summed E-state index contributed by atoms with van der Waals surface area (Å²) in [6.07, 6.45) is 2.61. The van der Waals surface area contributed by atoms with E-state index in [0.29, 0.717) is 32.1 Å². The molecule has 0 saturated carbocycles. The molecule has 0 atom stereocenters. The van der Waals surface area contributed by atoms with Crippen LogP contribution in [0.1, 0.15) is 89.9 Å². The van der Waals surface area contributed by atoms with Crippen LogP contribution >= 0.6 is 0 Å². The van der Waals surface area contributed by atoms with Crippen molar-refractivity contribution in [2.45, 2.75) is 89.9 Å². The van der Waals surface area contributed by atoms with Crippen molar-refractivity contribution >= 4 is 47.8 Å². The average Bonchev–Trinajstić information content (AvgIpc) is 2.75. The maximum atomic E-state index is 9.98. The van der Waals surface area contributed by atoms with E-state index in [9.17, 15) is 38.4 Å². The van der Waals surface area contributed by atoms with Crippen molar-refractivity contribution < 1.29 is 79.2 Å². The molecule has 0 aliphatic rings. The highest BCUT2D eigenvalue weighted by molar-refractivity contribution is 5.75. The molecule has 16 heteroatoms. The van der Waals surface area contributed by atoms with Crippen molar-refractivity contribution in [3.8, 4) is 0 Å². The van der Waals surface area contributed by atoms with Gasteiger partial charge in [-0.05, 0) is 32.1 Å². The fourth-order valence-corrected chi connectivity index (χ4v) is 1.89. The van der Waals surface area contributed by atoms with Crippen LogP contribution < -0.4 is 0 Å². The van der Waals surface area contributed by atoms with E-state index < -0.39 is 47.8 Å². The van der Waals surface area contributed by atoms with E-state index in [1.165, 1.54) is 0 Å². The predicted molar refractivity (Wildman–Crippen MR) is 126 cm³/mol. The molecule has 38 heavy (non-hydrogen) atoms. The van der Waals surface area contributed by atoms with Crippen LogP contribution in [-0.4, -0.2) is 88.6 Å². The normalized spacial score (nSPS) is 9.05. The van der Waals surface area contributed by atoms with Crippen LogP contribution in [0, 0.1) is 0 Å². The Morgan fingerprint density at radius 1 is 0.237 bits per heavy atom. The molecular weight excluding hydrogens is 520 g/mol. The lowest BCUT2D eigenvalue weighted by atomic mass is 10.1. The summed E-state index contributed by atoms with van der Waals surface area (Å²) >= 11 is 0. The minimum atomic E-state index is -1.08. The molecule has 0 saturated heterocycles. The fraction of sp³-hybridized carbons (Fsp3) is 0.636. The molecule has 0 bridgehead atoms. The summed E-state index contributed by atoms with van der Waals surface area (Å²) < 4.78 is 0. The monoisotopic (exact) mass is 556 g/mol. The van der Waals surface area contributed by atoms with Crippen molar-refractivity contribution in [3.05, 3.63) is 0 Å². The second-order valence-corrected chi connectivity index (χ2v) is 7.27. The van der Waals surface area contributed by atoms with Crippen LogP contribution in [0.2, 0.25) is 0 Å². The van der Waals surface area contributed by atoms with Gasteiger partial charge in [-0.3, -0.25) is 38.4 Å². The molecule has 8 N–H and O–H groups in total. The summed E-state index contributed by atoms with van der Waals surface area (Å²) in [5.74, 6) is -7.43. The minimum Gasteiger partial charge on any atom is -0.481 e. The summed E-state index contributed by atoms with van der Waals surface area (Å²) in [5.41, 5.74) is 0. The first-order valence-corrected chi connectivity index (χ1v) is 11.3. The number of carbonyl (C=O) groups is 8. The van der Waals surface area contributed by atoms with Gasteiger partial charge >= 0.3 is 47.8 Å². The zero-order valence-electron chi connectivity index (χ0n) is 20.7. The smallest absolute Gasteiger partial charge is 0.303 e. The van der Waals surface area contributed by atoms with Crippen molar-refractivity contribution in [1.82, 2.24) is 0 Å². The lowest BCUT2D eigenvalue weighted by Crippen LogP contribution is -2.00. The lowest BCUT2D eigenvalue weighted by Gasteiger charge is -1.94. The first kappa shape index (κ1) is 40.9. The maximum absolute atomic E-state index is 9.98. The molecule has 0 fully saturated rings. The van der Waals surface area contributed by atoms with E-state index in [0.717, 1.165) is 0 Å². The summed E-state index contributed by atoms with van der Waals surface area (Å²) in [6.45, 7) is 0. The molecule has 0 radical (unpaired) electrons. The van der Waals surface area contributed by atoms with Crippen LogP contribution in [0.3, 0.4) is 0 Å². The zero-order chi connectivity index (χ0) is 30.5. The molecule has 0 heterocycles. The SMILES string of the molecule is O=C(O)CCC(=O)O.O=C(O)CCCC(=O)O.O=C(O)CCCCC(=O)O.O=C(O)CCCCCC(=O)O. The standard InChI is InChI=1S/C7H12O4.C6H10O4.C5H8O4.C4H6O4/c8-6(9)4-2-1-3-5-7(10)11;7-5(8)3-1-2-4-6(9)10;6-4(7)2-1-3-5(8)9;5-3(6)1-2-4(7)8/h1-5H2,(H,8,9)(H,10,11);1-4H2,(H,7,8)(H,9,10);1-3H2,(H,6,7)(H,8,9);1-2H2,(H,5,6)(H,7,8). The third-order valence-corrected chi connectivity index (χ3v) is 3.65. The van der Waals surface area contributed by atoms with Crippen molar-refractivity contribution in [3.63, 3.8) is 0 Å². The van der Waals surface area contributed by atoms with Crippen LogP contribution in [0.15, 0.2) is 0 Å². The van der Waals surface area contributed by atoms with Gasteiger partial charge in [-0.1, -0.05) is 6.42 Å². The topological polar surface area (TPSA) is 298 Å². The first-order chi connectivity index (χ1) is 17.5. The Morgan fingerprint density at radius 2 is 0.395 bits per heavy atom. The summed E-state index contributed by atoms with van der Waals surface area (Å²) in [5, 5.41) is 64.5. The predicted octanol–water partition coefficient (Wildman–Crippen LogP) is 2.08. The molecule has 0 amide bonds. The highest BCUT2D eigenvalue weighted by Gasteiger charge is 2.01. The van der Waals surface area contributed by atoms with Gasteiger partial charge in [0, 0.05) is 38.5 Å². The number of aliphatic carboxylic acids is 8. The van der Waals surface area contributed by atoms with Gasteiger partial charge in [0.05, 0.1) is 12.8 Å². The summed E-state index contributed by atoms with van der Waals surface area (Å²) in [6, 6.07) is 0. The number of carboxylic acid groups (broad SMARTS) is 8. The van der Waals surface area contributed by atoms with Crippen LogP contribution in [0.25, 0.3) is 0 Å². The van der Waals surface area contributed by atoms with Gasteiger partial charge in [0.2, 0.25) is 0 Å². The Bertz CT molecular complexity index is 684. The molecule has 16 nitrogen and oxygen atoms in total. The van der Waals surface area contributed by atoms with Gasteiger partial charge < -0.3 is 40.9 Å². The Morgan fingerprint density at radius 3 is 0.579 bits per heavy atom. The molecular formula is C22H36O16. The van der Waals surface area contributed by atoms with E-state index in [4.69, 9.17) is 40.9 Å². The van der Waals surface area contributed by atoms with Crippen LogP contribution in [0.4, 0.5) is 0 Å². The molecule has 0 unspecified atom stereocenters. The molecule has 0 aromatic heterocycles. The number of unbranched alkanes of at least 4 members (excludes halogenated alkanes) is 3.